The monoisotopic (exact) mass is 346 g/mol. The van der Waals surface area contributed by atoms with Crippen LogP contribution in [-0.2, 0) is 4.79 Å². The van der Waals surface area contributed by atoms with Crippen molar-refractivity contribution in [3.63, 3.8) is 0 Å². The number of allylic oxidation sites excluding steroid dienone is 6. The van der Waals surface area contributed by atoms with Crippen LogP contribution in [-0.4, -0.2) is 12.1 Å². The number of hydrogen-bond donors (Lipinski definition) is 1. The van der Waals surface area contributed by atoms with Gasteiger partial charge in [-0.15, -0.1) is 0 Å². The highest BCUT2D eigenvalue weighted by molar-refractivity contribution is 5.96. The molecule has 0 heterocycles. The van der Waals surface area contributed by atoms with Gasteiger partial charge < -0.3 is 5.32 Å². The average molecular weight is 346 g/mol. The third-order valence-electron chi connectivity index (χ3n) is 4.37. The van der Waals surface area contributed by atoms with Gasteiger partial charge in [0.1, 0.15) is 0 Å². The van der Waals surface area contributed by atoms with E-state index in [9.17, 15) is 4.79 Å². The van der Waals surface area contributed by atoms with E-state index in [0.29, 0.717) is 5.92 Å². The Morgan fingerprint density at radius 1 is 1.19 bits per heavy atom. The summed E-state index contributed by atoms with van der Waals surface area (Å²) in [5.74, 6) is 0.404. The second kappa shape index (κ2) is 9.52. The summed E-state index contributed by atoms with van der Waals surface area (Å²) in [6.07, 6.45) is 16.0. The molecule has 0 aliphatic heterocycles. The maximum absolute atomic E-state index is 12.6. The Balaban J connectivity index is 2.03. The molecule has 1 aliphatic rings. The molecule has 1 N–H and O–H groups in total. The predicted molar refractivity (Wildman–Crippen MR) is 112 cm³/mol. The van der Waals surface area contributed by atoms with Gasteiger partial charge in [-0.1, -0.05) is 55.7 Å². The first-order valence-corrected chi connectivity index (χ1v) is 8.81. The van der Waals surface area contributed by atoms with E-state index in [1.165, 1.54) is 11.8 Å². The zero-order valence-corrected chi connectivity index (χ0v) is 15.5. The molecule has 1 aromatic carbocycles. The molecule has 2 atom stereocenters. The van der Waals surface area contributed by atoms with Gasteiger partial charge in [0, 0.05) is 29.6 Å². The molecule has 0 aromatic heterocycles. The highest BCUT2D eigenvalue weighted by Crippen LogP contribution is 2.45. The van der Waals surface area contributed by atoms with Gasteiger partial charge in [-0.25, -0.2) is 0 Å². The summed E-state index contributed by atoms with van der Waals surface area (Å²) in [5.41, 5.74) is 3.85. The van der Waals surface area contributed by atoms with Gasteiger partial charge in [-0.3, -0.25) is 9.79 Å². The van der Waals surface area contributed by atoms with Crippen molar-refractivity contribution in [2.24, 2.45) is 16.8 Å². The fourth-order valence-corrected chi connectivity index (χ4v) is 2.88. The van der Waals surface area contributed by atoms with Crippen LogP contribution in [0.3, 0.4) is 0 Å². The van der Waals surface area contributed by atoms with Crippen molar-refractivity contribution in [1.82, 2.24) is 0 Å². The minimum absolute atomic E-state index is 0.0330. The maximum Gasteiger partial charge on any atom is 0.228 e. The molecular weight excluding hydrogens is 320 g/mol. The number of hydrogen-bond acceptors (Lipinski definition) is 2. The number of amides is 1. The molecule has 1 amide bonds. The van der Waals surface area contributed by atoms with E-state index in [2.05, 4.69) is 35.6 Å². The third-order valence-corrected chi connectivity index (χ3v) is 4.37. The Morgan fingerprint density at radius 3 is 2.65 bits per heavy atom. The number of nitrogens with zero attached hydrogens (tertiary/aromatic N) is 1. The summed E-state index contributed by atoms with van der Waals surface area (Å²) >= 11 is 0. The summed E-state index contributed by atoms with van der Waals surface area (Å²) in [5, 5.41) is 3.02. The van der Waals surface area contributed by atoms with E-state index in [0.717, 1.165) is 23.2 Å². The second-order valence-corrected chi connectivity index (χ2v) is 6.12. The van der Waals surface area contributed by atoms with Crippen molar-refractivity contribution in [2.45, 2.75) is 20.3 Å². The van der Waals surface area contributed by atoms with Crippen LogP contribution in [0, 0.1) is 11.8 Å². The Morgan fingerprint density at radius 2 is 2.00 bits per heavy atom. The van der Waals surface area contributed by atoms with E-state index in [1.807, 2.05) is 50.3 Å². The average Bonchev–Trinajstić information content (AvgIpc) is 3.45. The van der Waals surface area contributed by atoms with Crippen molar-refractivity contribution in [3.8, 4) is 0 Å². The minimum atomic E-state index is 0.0330. The van der Waals surface area contributed by atoms with Crippen molar-refractivity contribution < 1.29 is 4.79 Å². The second-order valence-electron chi connectivity index (χ2n) is 6.12. The molecule has 1 aliphatic carbocycles. The molecular formula is C23H26N2O. The lowest BCUT2D eigenvalue weighted by atomic mass is 10.1. The fraction of sp³-hybridized carbons (Fsp3) is 0.217. The SMILES string of the molecule is C=CN=Cc1ccc(NC(=O)[C@@H]2C[C@H]2C(/C=C\C=C/C)=C/C)cc1C=C. The molecule has 0 radical (unpaired) electrons. The number of benzene rings is 1. The molecule has 2 rings (SSSR count). The van der Waals surface area contributed by atoms with Crippen LogP contribution in [0.2, 0.25) is 0 Å². The van der Waals surface area contributed by atoms with E-state index >= 15 is 0 Å². The van der Waals surface area contributed by atoms with Gasteiger partial charge in [-0.05, 0) is 49.5 Å². The first-order valence-electron chi connectivity index (χ1n) is 8.81. The van der Waals surface area contributed by atoms with Crippen LogP contribution in [0.5, 0.6) is 0 Å². The predicted octanol–water partition coefficient (Wildman–Crippen LogP) is 5.55. The summed E-state index contributed by atoms with van der Waals surface area (Å²) in [7, 11) is 0. The number of aliphatic imine (C=N–C) groups is 1. The summed E-state index contributed by atoms with van der Waals surface area (Å²) in [6, 6.07) is 5.71. The molecule has 3 nitrogen and oxygen atoms in total. The number of anilines is 1. The number of nitrogens with one attached hydrogen (secondary N) is 1. The van der Waals surface area contributed by atoms with E-state index in [1.54, 1.807) is 12.3 Å². The highest BCUT2D eigenvalue weighted by Gasteiger charge is 2.44. The Hall–Kier alpha value is -2.94. The number of carbonyl (C=O) groups is 1. The number of carbonyl (C=O) groups excluding carboxylic acids is 1. The topological polar surface area (TPSA) is 41.5 Å². The molecule has 3 heteroatoms. The molecule has 0 saturated heterocycles. The summed E-state index contributed by atoms with van der Waals surface area (Å²) in [6.45, 7) is 11.4. The van der Waals surface area contributed by atoms with Crippen LogP contribution >= 0.6 is 0 Å². The Labute approximate surface area is 156 Å². The van der Waals surface area contributed by atoms with E-state index in [4.69, 9.17) is 0 Å². The van der Waals surface area contributed by atoms with Gasteiger partial charge in [-0.2, -0.15) is 0 Å². The summed E-state index contributed by atoms with van der Waals surface area (Å²) < 4.78 is 0. The fourth-order valence-electron chi connectivity index (χ4n) is 2.88. The van der Waals surface area contributed by atoms with Crippen molar-refractivity contribution in [3.05, 3.63) is 84.6 Å². The molecule has 1 saturated carbocycles. The van der Waals surface area contributed by atoms with Crippen LogP contribution in [0.1, 0.15) is 31.4 Å². The van der Waals surface area contributed by atoms with Crippen LogP contribution in [0.25, 0.3) is 6.08 Å². The third kappa shape index (κ3) is 5.03. The van der Waals surface area contributed by atoms with E-state index in [-0.39, 0.29) is 11.8 Å². The first-order chi connectivity index (χ1) is 12.6. The molecule has 134 valence electrons. The maximum atomic E-state index is 12.6. The van der Waals surface area contributed by atoms with Gasteiger partial charge in [0.05, 0.1) is 0 Å². The quantitative estimate of drug-likeness (QED) is 0.487. The molecule has 0 unspecified atom stereocenters. The Bertz CT molecular complexity index is 796. The molecule has 1 fully saturated rings. The van der Waals surface area contributed by atoms with Crippen molar-refractivity contribution >= 4 is 23.9 Å². The van der Waals surface area contributed by atoms with Crippen LogP contribution in [0.15, 0.2) is 78.5 Å². The molecule has 1 aromatic rings. The van der Waals surface area contributed by atoms with Gasteiger partial charge in [0.2, 0.25) is 5.91 Å². The first kappa shape index (κ1) is 19.4. The minimum Gasteiger partial charge on any atom is -0.326 e. The zero-order chi connectivity index (χ0) is 18.9. The molecule has 0 bridgehead atoms. The summed E-state index contributed by atoms with van der Waals surface area (Å²) in [4.78, 5) is 16.6. The van der Waals surface area contributed by atoms with Crippen molar-refractivity contribution in [2.75, 3.05) is 5.32 Å². The zero-order valence-electron chi connectivity index (χ0n) is 15.5. The van der Waals surface area contributed by atoms with Gasteiger partial charge in [0.15, 0.2) is 0 Å². The number of rotatable bonds is 8. The van der Waals surface area contributed by atoms with Crippen LogP contribution in [0.4, 0.5) is 5.69 Å². The molecule has 26 heavy (non-hydrogen) atoms. The lowest BCUT2D eigenvalue weighted by molar-refractivity contribution is -0.117. The van der Waals surface area contributed by atoms with E-state index < -0.39 is 0 Å². The lowest BCUT2D eigenvalue weighted by Gasteiger charge is -2.08. The standard InChI is InChI=1S/C23H26N2O/c1-5-9-10-11-17(6-2)21-15-22(21)23(26)25-20-13-12-19(16-24-8-4)18(7-3)14-20/h5-14,16,21-22H,3-4,15H2,1-2H3,(H,25,26)/b9-5-,11-10-,17-6+,24-16?/t21-,22+/m0/s1. The normalized spacial score (nSPS) is 20.0. The van der Waals surface area contributed by atoms with Gasteiger partial charge in [0.25, 0.3) is 0 Å². The van der Waals surface area contributed by atoms with Crippen molar-refractivity contribution in [1.29, 1.82) is 0 Å². The highest BCUT2D eigenvalue weighted by atomic mass is 16.2. The largest absolute Gasteiger partial charge is 0.326 e. The van der Waals surface area contributed by atoms with Crippen LogP contribution < -0.4 is 5.32 Å². The van der Waals surface area contributed by atoms with Gasteiger partial charge >= 0.3 is 0 Å². The Kier molecular flexibility index (Phi) is 7.10. The lowest BCUT2D eigenvalue weighted by Crippen LogP contribution is -2.15. The smallest absolute Gasteiger partial charge is 0.228 e. The molecule has 0 spiro atoms.